The van der Waals surface area contributed by atoms with E-state index in [4.69, 9.17) is 0 Å². The van der Waals surface area contributed by atoms with Gasteiger partial charge in [-0.1, -0.05) is 6.07 Å². The summed E-state index contributed by atoms with van der Waals surface area (Å²) in [6, 6.07) is 5.24. The third kappa shape index (κ3) is 3.70. The van der Waals surface area contributed by atoms with E-state index in [9.17, 15) is 15.2 Å². The van der Waals surface area contributed by atoms with Crippen LogP contribution in [0.4, 0.5) is 11.4 Å². The maximum Gasteiger partial charge on any atom is 0.292 e. The van der Waals surface area contributed by atoms with Crippen molar-refractivity contribution in [1.82, 2.24) is 0 Å². The lowest BCUT2D eigenvalue weighted by molar-refractivity contribution is -0.384. The van der Waals surface area contributed by atoms with E-state index in [0.29, 0.717) is 11.6 Å². The first-order valence-electron chi connectivity index (χ1n) is 7.09. The molecule has 0 unspecified atom stereocenters. The van der Waals surface area contributed by atoms with Crippen LogP contribution in [0.15, 0.2) is 18.2 Å². The highest BCUT2D eigenvalue weighted by molar-refractivity contribution is 5.62. The summed E-state index contributed by atoms with van der Waals surface area (Å²) >= 11 is 0. The van der Waals surface area contributed by atoms with Gasteiger partial charge in [-0.25, -0.2) is 0 Å². The third-order valence-corrected chi connectivity index (χ3v) is 4.11. The maximum absolute atomic E-state index is 11.0. The van der Waals surface area contributed by atoms with Crippen molar-refractivity contribution < 1.29 is 10.0 Å². The fourth-order valence-corrected chi connectivity index (χ4v) is 2.70. The van der Waals surface area contributed by atoms with Gasteiger partial charge in [-0.05, 0) is 57.1 Å². The van der Waals surface area contributed by atoms with Gasteiger partial charge in [0.05, 0.1) is 10.5 Å². The van der Waals surface area contributed by atoms with Crippen LogP contribution in [0, 0.1) is 23.0 Å². The molecule has 20 heavy (non-hydrogen) atoms. The lowest BCUT2D eigenvalue weighted by atomic mass is 9.80. The Morgan fingerprint density at radius 1 is 1.45 bits per heavy atom. The van der Waals surface area contributed by atoms with Crippen LogP contribution in [0.1, 0.15) is 38.2 Å². The number of nitro groups is 1. The van der Waals surface area contributed by atoms with Crippen LogP contribution in [-0.4, -0.2) is 22.2 Å². The van der Waals surface area contributed by atoms with Gasteiger partial charge in [0, 0.05) is 12.6 Å². The number of hydrogen-bond donors (Lipinski definition) is 2. The highest BCUT2D eigenvalue weighted by atomic mass is 16.6. The summed E-state index contributed by atoms with van der Waals surface area (Å²) in [7, 11) is 0. The molecule has 1 aliphatic carbocycles. The molecule has 2 rings (SSSR count). The summed E-state index contributed by atoms with van der Waals surface area (Å²) in [6.07, 6.45) is 3.52. The Kier molecular flexibility index (Phi) is 4.28. The van der Waals surface area contributed by atoms with Crippen molar-refractivity contribution in [2.45, 2.75) is 45.1 Å². The van der Waals surface area contributed by atoms with Crippen LogP contribution in [0.25, 0.3) is 0 Å². The smallest absolute Gasteiger partial charge is 0.292 e. The Morgan fingerprint density at radius 3 is 2.70 bits per heavy atom. The Bertz CT molecular complexity index is 490. The van der Waals surface area contributed by atoms with Crippen molar-refractivity contribution in [3.8, 4) is 0 Å². The molecule has 1 saturated carbocycles. The Hall–Kier alpha value is -1.62. The quantitative estimate of drug-likeness (QED) is 0.654. The third-order valence-electron chi connectivity index (χ3n) is 4.11. The van der Waals surface area contributed by atoms with E-state index in [1.54, 1.807) is 12.1 Å². The molecule has 0 saturated heterocycles. The molecule has 0 amide bonds. The van der Waals surface area contributed by atoms with Crippen molar-refractivity contribution in [1.29, 1.82) is 0 Å². The normalized spacial score (nSPS) is 26.2. The predicted octanol–water partition coefficient (Wildman–Crippen LogP) is 3.26. The summed E-state index contributed by atoms with van der Waals surface area (Å²) in [6.45, 7) is 4.45. The Labute approximate surface area is 119 Å². The summed E-state index contributed by atoms with van der Waals surface area (Å²) in [5, 5.41) is 24.2. The zero-order valence-electron chi connectivity index (χ0n) is 12.1. The average molecular weight is 278 g/mol. The van der Waals surface area contributed by atoms with Crippen LogP contribution in [-0.2, 0) is 0 Å². The minimum absolute atomic E-state index is 0.132. The van der Waals surface area contributed by atoms with Gasteiger partial charge in [0.15, 0.2) is 0 Å². The van der Waals surface area contributed by atoms with Gasteiger partial charge in [0.1, 0.15) is 5.69 Å². The van der Waals surface area contributed by atoms with E-state index in [-0.39, 0.29) is 10.6 Å². The molecule has 2 N–H and O–H groups in total. The van der Waals surface area contributed by atoms with Gasteiger partial charge in [-0.2, -0.15) is 0 Å². The van der Waals surface area contributed by atoms with Crippen molar-refractivity contribution in [3.05, 3.63) is 33.9 Å². The molecule has 0 bridgehead atoms. The molecular formula is C15H22N2O3. The van der Waals surface area contributed by atoms with Gasteiger partial charge < -0.3 is 10.4 Å². The second-order valence-electron chi connectivity index (χ2n) is 6.10. The molecule has 1 aromatic carbocycles. The first-order chi connectivity index (χ1) is 9.37. The maximum atomic E-state index is 11.0. The van der Waals surface area contributed by atoms with E-state index in [1.807, 2.05) is 19.9 Å². The van der Waals surface area contributed by atoms with Crippen LogP contribution < -0.4 is 5.32 Å². The van der Waals surface area contributed by atoms with Crippen molar-refractivity contribution in [3.63, 3.8) is 0 Å². The second-order valence-corrected chi connectivity index (χ2v) is 6.10. The summed E-state index contributed by atoms with van der Waals surface area (Å²) in [5.41, 5.74) is 1.06. The van der Waals surface area contributed by atoms with Crippen LogP contribution in [0.5, 0.6) is 0 Å². The molecule has 1 fully saturated rings. The number of anilines is 1. The van der Waals surface area contributed by atoms with E-state index in [0.717, 1.165) is 37.8 Å². The largest absolute Gasteiger partial charge is 0.390 e. The molecule has 5 nitrogen and oxygen atoms in total. The fourth-order valence-electron chi connectivity index (χ4n) is 2.70. The molecule has 0 aliphatic heterocycles. The van der Waals surface area contributed by atoms with E-state index in [2.05, 4.69) is 5.32 Å². The number of benzene rings is 1. The summed E-state index contributed by atoms with van der Waals surface area (Å²) in [4.78, 5) is 10.7. The first-order valence-corrected chi connectivity index (χ1v) is 7.09. The van der Waals surface area contributed by atoms with Crippen molar-refractivity contribution in [2.75, 3.05) is 11.9 Å². The molecular weight excluding hydrogens is 256 g/mol. The van der Waals surface area contributed by atoms with E-state index < -0.39 is 5.60 Å². The fraction of sp³-hybridized carbons (Fsp3) is 0.600. The molecule has 0 heterocycles. The Morgan fingerprint density at radius 2 is 2.10 bits per heavy atom. The first kappa shape index (κ1) is 14.8. The lowest BCUT2D eigenvalue weighted by Crippen LogP contribution is -2.32. The van der Waals surface area contributed by atoms with Crippen LogP contribution >= 0.6 is 0 Å². The number of nitrogens with one attached hydrogen (secondary N) is 1. The number of rotatable bonds is 4. The van der Waals surface area contributed by atoms with Gasteiger partial charge in [-0.3, -0.25) is 10.1 Å². The van der Waals surface area contributed by atoms with Crippen LogP contribution in [0.3, 0.4) is 0 Å². The standard InChI is InChI=1S/C15H22N2O3/c1-11-3-4-13(14(9-11)17(19)20)16-10-12-5-7-15(2,18)8-6-12/h3-4,9,12,16,18H,5-8,10H2,1-2H3. The minimum Gasteiger partial charge on any atom is -0.390 e. The van der Waals surface area contributed by atoms with Gasteiger partial charge in [0.2, 0.25) is 0 Å². The predicted molar refractivity (Wildman–Crippen MR) is 78.9 cm³/mol. The second kappa shape index (κ2) is 5.79. The number of nitro benzene ring substituents is 1. The minimum atomic E-state index is -0.535. The highest BCUT2D eigenvalue weighted by Crippen LogP contribution is 2.32. The molecule has 0 atom stereocenters. The molecule has 110 valence electrons. The molecule has 1 aliphatic rings. The highest BCUT2D eigenvalue weighted by Gasteiger charge is 2.28. The van der Waals surface area contributed by atoms with Crippen molar-refractivity contribution in [2.24, 2.45) is 5.92 Å². The zero-order valence-corrected chi connectivity index (χ0v) is 12.1. The zero-order chi connectivity index (χ0) is 14.8. The van der Waals surface area contributed by atoms with E-state index >= 15 is 0 Å². The molecule has 0 radical (unpaired) electrons. The Balaban J connectivity index is 1.96. The lowest BCUT2D eigenvalue weighted by Gasteiger charge is -2.33. The van der Waals surface area contributed by atoms with Crippen LogP contribution in [0.2, 0.25) is 0 Å². The number of nitrogens with zero attached hydrogens (tertiary/aromatic N) is 1. The SMILES string of the molecule is Cc1ccc(NCC2CCC(C)(O)CC2)c([N+](=O)[O-])c1. The topological polar surface area (TPSA) is 75.4 Å². The molecule has 5 heteroatoms. The molecule has 0 aromatic heterocycles. The average Bonchev–Trinajstić information content (AvgIpc) is 2.38. The number of aliphatic hydroxyl groups is 1. The molecule has 1 aromatic rings. The van der Waals surface area contributed by atoms with Gasteiger partial charge in [-0.15, -0.1) is 0 Å². The van der Waals surface area contributed by atoms with Gasteiger partial charge >= 0.3 is 0 Å². The van der Waals surface area contributed by atoms with E-state index in [1.165, 1.54) is 0 Å². The molecule has 0 spiro atoms. The van der Waals surface area contributed by atoms with Gasteiger partial charge in [0.25, 0.3) is 5.69 Å². The van der Waals surface area contributed by atoms with Crippen molar-refractivity contribution >= 4 is 11.4 Å². The number of aryl methyl sites for hydroxylation is 1. The summed E-state index contributed by atoms with van der Waals surface area (Å²) < 4.78 is 0. The summed E-state index contributed by atoms with van der Waals surface area (Å²) in [5.74, 6) is 0.469. The number of hydrogen-bond acceptors (Lipinski definition) is 4. The monoisotopic (exact) mass is 278 g/mol.